The van der Waals surface area contributed by atoms with Gasteiger partial charge in [0.2, 0.25) is 10.0 Å². The Bertz CT molecular complexity index is 647. The van der Waals surface area contributed by atoms with E-state index in [1.54, 1.807) is 20.8 Å². The van der Waals surface area contributed by atoms with Gasteiger partial charge in [-0.05, 0) is 26.3 Å². The normalized spacial score (nSPS) is 11.2. The summed E-state index contributed by atoms with van der Waals surface area (Å²) in [6, 6.07) is 0. The number of carbonyl (C=O) groups excluding carboxylic acids is 1. The zero-order valence-electron chi connectivity index (χ0n) is 11.9. The number of thiophene rings is 1. The second-order valence-electron chi connectivity index (χ2n) is 4.27. The number of sulfonamides is 1. The lowest BCUT2D eigenvalue weighted by atomic mass is 10.2. The number of carbonyl (C=O) groups is 2. The van der Waals surface area contributed by atoms with Crippen LogP contribution in [0.5, 0.6) is 0 Å². The number of esters is 1. The maximum atomic E-state index is 11.9. The monoisotopic (exact) mass is 335 g/mol. The fraction of sp³-hybridized carbons (Fsp3) is 0.500. The van der Waals surface area contributed by atoms with Crippen LogP contribution in [0.1, 0.15) is 34.1 Å². The van der Waals surface area contributed by atoms with Crippen molar-refractivity contribution in [2.24, 2.45) is 0 Å². The largest absolute Gasteiger partial charge is 0.481 e. The predicted octanol–water partition coefficient (Wildman–Crippen LogP) is 1.76. The number of ether oxygens (including phenoxy) is 1. The van der Waals surface area contributed by atoms with E-state index >= 15 is 0 Å². The Balaban J connectivity index is 3.06. The van der Waals surface area contributed by atoms with Crippen molar-refractivity contribution in [3.05, 3.63) is 16.0 Å². The minimum Gasteiger partial charge on any atom is -0.481 e. The standard InChI is InChI=1S/C12H17NO6S2/c1-4-19-12(16)10-7(2)8(3)20-11(10)13-21(17,18)6-5-9(14)15/h13H,4-6H2,1-3H3,(H,14,15). The van der Waals surface area contributed by atoms with Gasteiger partial charge in [0.1, 0.15) is 5.00 Å². The molecular formula is C12H17NO6S2. The van der Waals surface area contributed by atoms with Crippen LogP contribution in [0.3, 0.4) is 0 Å². The van der Waals surface area contributed by atoms with Gasteiger partial charge in [0.15, 0.2) is 0 Å². The topological polar surface area (TPSA) is 110 Å². The van der Waals surface area contributed by atoms with Crippen molar-refractivity contribution < 1.29 is 27.9 Å². The van der Waals surface area contributed by atoms with Crippen molar-refractivity contribution in [2.45, 2.75) is 27.2 Å². The summed E-state index contributed by atoms with van der Waals surface area (Å²) in [4.78, 5) is 23.1. The Morgan fingerprint density at radius 3 is 2.48 bits per heavy atom. The molecule has 1 aromatic heterocycles. The first kappa shape index (κ1) is 17.4. The lowest BCUT2D eigenvalue weighted by Gasteiger charge is -2.08. The van der Waals surface area contributed by atoms with Crippen molar-refractivity contribution in [3.8, 4) is 0 Å². The van der Waals surface area contributed by atoms with Crippen LogP contribution in [0.2, 0.25) is 0 Å². The van der Waals surface area contributed by atoms with Crippen molar-refractivity contribution in [2.75, 3.05) is 17.1 Å². The van der Waals surface area contributed by atoms with Crippen LogP contribution in [0.25, 0.3) is 0 Å². The van der Waals surface area contributed by atoms with Gasteiger partial charge in [-0.3, -0.25) is 9.52 Å². The minimum atomic E-state index is -3.83. The molecule has 2 N–H and O–H groups in total. The summed E-state index contributed by atoms with van der Waals surface area (Å²) >= 11 is 1.12. The first-order valence-corrected chi connectivity index (χ1v) is 8.64. The highest BCUT2D eigenvalue weighted by Gasteiger charge is 2.24. The van der Waals surface area contributed by atoms with E-state index in [0.717, 1.165) is 16.2 Å². The average molecular weight is 335 g/mol. The molecule has 0 aliphatic rings. The van der Waals surface area contributed by atoms with E-state index in [-0.39, 0.29) is 17.2 Å². The van der Waals surface area contributed by atoms with E-state index in [4.69, 9.17) is 9.84 Å². The number of anilines is 1. The van der Waals surface area contributed by atoms with Gasteiger partial charge < -0.3 is 9.84 Å². The van der Waals surface area contributed by atoms with Gasteiger partial charge in [-0.15, -0.1) is 11.3 Å². The molecule has 0 aromatic carbocycles. The molecule has 1 aromatic rings. The van der Waals surface area contributed by atoms with Gasteiger partial charge in [-0.25, -0.2) is 13.2 Å². The number of aliphatic carboxylic acids is 1. The molecule has 118 valence electrons. The van der Waals surface area contributed by atoms with Crippen LogP contribution in [0.4, 0.5) is 5.00 Å². The second kappa shape index (κ2) is 6.90. The van der Waals surface area contributed by atoms with Crippen molar-refractivity contribution in [1.29, 1.82) is 0 Å². The molecule has 1 heterocycles. The number of hydrogen-bond donors (Lipinski definition) is 2. The Labute approximate surface area is 127 Å². The molecule has 0 unspecified atom stereocenters. The van der Waals surface area contributed by atoms with Crippen LogP contribution in [0.15, 0.2) is 0 Å². The zero-order chi connectivity index (χ0) is 16.2. The third kappa shape index (κ3) is 4.71. The first-order chi connectivity index (χ1) is 9.68. The lowest BCUT2D eigenvalue weighted by molar-refractivity contribution is -0.136. The van der Waals surface area contributed by atoms with Crippen molar-refractivity contribution in [3.63, 3.8) is 0 Å². The van der Waals surface area contributed by atoms with Gasteiger partial charge >= 0.3 is 11.9 Å². The molecule has 0 spiro atoms. The van der Waals surface area contributed by atoms with Crippen LogP contribution in [-0.2, 0) is 19.6 Å². The summed E-state index contributed by atoms with van der Waals surface area (Å²) in [6.07, 6.45) is -0.507. The molecule has 0 aliphatic heterocycles. The maximum absolute atomic E-state index is 11.9. The number of hydrogen-bond acceptors (Lipinski definition) is 6. The molecule has 0 aliphatic carbocycles. The van der Waals surface area contributed by atoms with Crippen LogP contribution < -0.4 is 4.72 Å². The van der Waals surface area contributed by atoms with Crippen molar-refractivity contribution in [1.82, 2.24) is 0 Å². The Kier molecular flexibility index (Phi) is 5.73. The number of nitrogens with one attached hydrogen (secondary N) is 1. The SMILES string of the molecule is CCOC(=O)c1c(NS(=O)(=O)CCC(=O)O)sc(C)c1C. The number of carboxylic acids is 1. The minimum absolute atomic E-state index is 0.161. The highest BCUT2D eigenvalue weighted by molar-refractivity contribution is 7.92. The number of rotatable bonds is 7. The summed E-state index contributed by atoms with van der Waals surface area (Å²) in [6.45, 7) is 5.30. The lowest BCUT2D eigenvalue weighted by Crippen LogP contribution is -2.20. The van der Waals surface area contributed by atoms with Crippen LogP contribution in [0, 0.1) is 13.8 Å². The van der Waals surface area contributed by atoms with Gasteiger partial charge in [0.25, 0.3) is 0 Å². The quantitative estimate of drug-likeness (QED) is 0.735. The van der Waals surface area contributed by atoms with Gasteiger partial charge in [0, 0.05) is 4.88 Å². The average Bonchev–Trinajstić information content (AvgIpc) is 2.62. The Morgan fingerprint density at radius 2 is 1.95 bits per heavy atom. The summed E-state index contributed by atoms with van der Waals surface area (Å²) in [5.41, 5.74) is 0.827. The van der Waals surface area contributed by atoms with Gasteiger partial charge in [-0.2, -0.15) is 0 Å². The Hall–Kier alpha value is -1.61. The molecule has 0 radical (unpaired) electrons. The molecule has 0 amide bonds. The summed E-state index contributed by atoms with van der Waals surface area (Å²) < 4.78 is 30.9. The van der Waals surface area contributed by atoms with Gasteiger partial charge in [0.05, 0.1) is 24.3 Å². The van der Waals surface area contributed by atoms with E-state index in [9.17, 15) is 18.0 Å². The molecule has 0 saturated carbocycles. The highest BCUT2D eigenvalue weighted by atomic mass is 32.2. The van der Waals surface area contributed by atoms with Crippen molar-refractivity contribution >= 4 is 38.3 Å². The molecule has 0 atom stereocenters. The smallest absolute Gasteiger partial charge is 0.341 e. The first-order valence-electron chi connectivity index (χ1n) is 6.17. The summed E-state index contributed by atoms with van der Waals surface area (Å²) in [5, 5.41) is 8.70. The van der Waals surface area contributed by atoms with Crippen LogP contribution in [-0.4, -0.2) is 37.8 Å². The summed E-state index contributed by atoms with van der Waals surface area (Å²) in [7, 11) is -3.83. The maximum Gasteiger partial charge on any atom is 0.341 e. The van der Waals surface area contributed by atoms with E-state index in [1.165, 1.54) is 0 Å². The fourth-order valence-corrected chi connectivity index (χ4v) is 3.94. The molecule has 9 heteroatoms. The van der Waals surface area contributed by atoms with Gasteiger partial charge in [-0.1, -0.05) is 0 Å². The molecule has 7 nitrogen and oxygen atoms in total. The van der Waals surface area contributed by atoms with E-state index in [0.29, 0.717) is 5.56 Å². The zero-order valence-corrected chi connectivity index (χ0v) is 13.6. The van der Waals surface area contributed by atoms with E-state index < -0.39 is 34.1 Å². The van der Waals surface area contributed by atoms with E-state index in [2.05, 4.69) is 4.72 Å². The molecule has 1 rings (SSSR count). The molecule has 0 saturated heterocycles. The third-order valence-electron chi connectivity index (χ3n) is 2.70. The second-order valence-corrected chi connectivity index (χ2v) is 7.34. The molecule has 0 fully saturated rings. The number of carboxylic acid groups (broad SMARTS) is 1. The summed E-state index contributed by atoms with van der Waals surface area (Å²) in [5.74, 6) is -2.36. The third-order valence-corrected chi connectivity index (χ3v) is 5.21. The molecule has 0 bridgehead atoms. The predicted molar refractivity (Wildman–Crippen MR) is 79.4 cm³/mol. The van der Waals surface area contributed by atoms with E-state index in [1.807, 2.05) is 0 Å². The molecule has 21 heavy (non-hydrogen) atoms. The Morgan fingerprint density at radius 1 is 1.33 bits per heavy atom. The van der Waals surface area contributed by atoms with Crippen LogP contribution >= 0.6 is 11.3 Å². The number of aryl methyl sites for hydroxylation is 1. The highest BCUT2D eigenvalue weighted by Crippen LogP contribution is 2.33. The fourth-order valence-electron chi connectivity index (χ4n) is 1.56. The molecular weight excluding hydrogens is 318 g/mol.